The number of rotatable bonds is 8. The van der Waals surface area contributed by atoms with Crippen molar-refractivity contribution < 1.29 is 9.66 Å². The minimum Gasteiger partial charge on any atom is -0.494 e. The van der Waals surface area contributed by atoms with Crippen LogP contribution in [0.25, 0.3) is 0 Å². The molecular weight excluding hydrogens is 330 g/mol. The van der Waals surface area contributed by atoms with Crippen molar-refractivity contribution in [3.8, 4) is 5.75 Å². The fourth-order valence-corrected chi connectivity index (χ4v) is 3.35. The third-order valence-corrected chi connectivity index (χ3v) is 4.66. The molecular formula is C20H25N3O3. The Morgan fingerprint density at radius 3 is 2.81 bits per heavy atom. The summed E-state index contributed by atoms with van der Waals surface area (Å²) in [4.78, 5) is 13.1. The number of nitro benzene ring substituents is 1. The smallest absolute Gasteiger partial charge is 0.270 e. The molecule has 1 fully saturated rings. The van der Waals surface area contributed by atoms with Crippen LogP contribution in [0.1, 0.15) is 24.5 Å². The zero-order valence-electron chi connectivity index (χ0n) is 15.1. The van der Waals surface area contributed by atoms with E-state index in [9.17, 15) is 10.1 Å². The Kier molecular flexibility index (Phi) is 6.20. The highest BCUT2D eigenvalue weighted by Crippen LogP contribution is 2.25. The van der Waals surface area contributed by atoms with Gasteiger partial charge < -0.3 is 10.1 Å². The van der Waals surface area contributed by atoms with Crippen LogP contribution in [0.3, 0.4) is 0 Å². The average molecular weight is 355 g/mol. The van der Waals surface area contributed by atoms with Gasteiger partial charge >= 0.3 is 0 Å². The van der Waals surface area contributed by atoms with Crippen molar-refractivity contribution in [3.05, 3.63) is 69.8 Å². The predicted molar refractivity (Wildman–Crippen MR) is 101 cm³/mol. The molecule has 1 heterocycles. The molecule has 2 aromatic rings. The fraction of sp³-hybridized carbons (Fsp3) is 0.400. The second-order valence-corrected chi connectivity index (χ2v) is 6.57. The van der Waals surface area contributed by atoms with E-state index in [0.29, 0.717) is 24.9 Å². The molecule has 0 bridgehead atoms. The van der Waals surface area contributed by atoms with Crippen molar-refractivity contribution in [2.75, 3.05) is 19.7 Å². The Labute approximate surface area is 153 Å². The van der Waals surface area contributed by atoms with Gasteiger partial charge in [-0.1, -0.05) is 30.3 Å². The molecule has 2 aromatic carbocycles. The van der Waals surface area contributed by atoms with Gasteiger partial charge in [0.1, 0.15) is 5.75 Å². The minimum atomic E-state index is -0.365. The lowest BCUT2D eigenvalue weighted by Crippen LogP contribution is -2.32. The lowest BCUT2D eigenvalue weighted by molar-refractivity contribution is -0.384. The monoisotopic (exact) mass is 355 g/mol. The summed E-state index contributed by atoms with van der Waals surface area (Å²) < 4.78 is 5.61. The zero-order chi connectivity index (χ0) is 18.4. The molecule has 1 N–H and O–H groups in total. The van der Waals surface area contributed by atoms with E-state index in [1.165, 1.54) is 11.6 Å². The highest BCUT2D eigenvalue weighted by molar-refractivity contribution is 5.43. The third kappa shape index (κ3) is 4.80. The molecule has 6 heteroatoms. The van der Waals surface area contributed by atoms with Crippen LogP contribution in [0.15, 0.2) is 48.5 Å². The highest BCUT2D eigenvalue weighted by Gasteiger charge is 2.22. The maximum Gasteiger partial charge on any atom is 0.270 e. The largest absolute Gasteiger partial charge is 0.494 e. The van der Waals surface area contributed by atoms with Crippen LogP contribution in [-0.4, -0.2) is 35.6 Å². The van der Waals surface area contributed by atoms with Gasteiger partial charge in [-0.05, 0) is 25.0 Å². The Morgan fingerprint density at radius 2 is 2.08 bits per heavy atom. The molecule has 1 unspecified atom stereocenters. The Morgan fingerprint density at radius 1 is 1.27 bits per heavy atom. The molecule has 1 aliphatic heterocycles. The summed E-state index contributed by atoms with van der Waals surface area (Å²) in [6.45, 7) is 6.02. The van der Waals surface area contributed by atoms with Gasteiger partial charge in [-0.25, -0.2) is 0 Å². The van der Waals surface area contributed by atoms with E-state index in [2.05, 4.69) is 34.5 Å². The summed E-state index contributed by atoms with van der Waals surface area (Å²) in [6, 6.07) is 15.6. The van der Waals surface area contributed by atoms with E-state index in [1.54, 1.807) is 12.1 Å². The molecule has 0 spiro atoms. The van der Waals surface area contributed by atoms with Crippen LogP contribution < -0.4 is 10.1 Å². The molecule has 0 saturated carbocycles. The number of hydrogen-bond donors (Lipinski definition) is 1. The van der Waals surface area contributed by atoms with E-state index in [4.69, 9.17) is 4.74 Å². The first-order chi connectivity index (χ1) is 12.7. The molecule has 138 valence electrons. The van der Waals surface area contributed by atoms with Crippen LogP contribution >= 0.6 is 0 Å². The molecule has 6 nitrogen and oxygen atoms in total. The first-order valence-corrected chi connectivity index (χ1v) is 9.05. The molecule has 1 atom stereocenters. The number of likely N-dealkylation sites (tertiary alicyclic amines) is 1. The standard InChI is InChI=1S/C20H25N3O3/c1-2-26-20-9-8-19(23(24)25)12-17(20)13-21-18-10-11-22(15-18)14-16-6-4-3-5-7-16/h3-9,12,18,21H,2,10-11,13-15H2,1H3. The van der Waals surface area contributed by atoms with Gasteiger partial charge in [-0.15, -0.1) is 0 Å². The first-order valence-electron chi connectivity index (χ1n) is 9.05. The maximum atomic E-state index is 11.0. The SMILES string of the molecule is CCOc1ccc([N+](=O)[O-])cc1CNC1CCN(Cc2ccccc2)C1. The van der Waals surface area contributed by atoms with Crippen molar-refractivity contribution in [1.82, 2.24) is 10.2 Å². The molecule has 0 aliphatic carbocycles. The Bertz CT molecular complexity index is 736. The van der Waals surface area contributed by atoms with E-state index >= 15 is 0 Å². The van der Waals surface area contributed by atoms with Crippen molar-refractivity contribution in [2.45, 2.75) is 32.5 Å². The molecule has 0 amide bonds. The van der Waals surface area contributed by atoms with E-state index in [1.807, 2.05) is 13.0 Å². The van der Waals surface area contributed by atoms with Crippen molar-refractivity contribution >= 4 is 5.69 Å². The van der Waals surface area contributed by atoms with Crippen LogP contribution in [0.2, 0.25) is 0 Å². The fourth-order valence-electron chi connectivity index (χ4n) is 3.35. The van der Waals surface area contributed by atoms with E-state index in [0.717, 1.165) is 31.6 Å². The van der Waals surface area contributed by atoms with Gasteiger partial charge in [0.05, 0.1) is 11.5 Å². The molecule has 0 aromatic heterocycles. The number of ether oxygens (including phenoxy) is 1. The summed E-state index contributed by atoms with van der Waals surface area (Å²) in [6.07, 6.45) is 1.08. The van der Waals surface area contributed by atoms with Gasteiger partial charge in [0.15, 0.2) is 0 Å². The average Bonchev–Trinajstić information content (AvgIpc) is 3.09. The van der Waals surface area contributed by atoms with Crippen LogP contribution in [-0.2, 0) is 13.1 Å². The molecule has 26 heavy (non-hydrogen) atoms. The lowest BCUT2D eigenvalue weighted by Gasteiger charge is -2.17. The van der Waals surface area contributed by atoms with Crippen molar-refractivity contribution in [3.63, 3.8) is 0 Å². The summed E-state index contributed by atoms with van der Waals surface area (Å²) >= 11 is 0. The zero-order valence-corrected chi connectivity index (χ0v) is 15.1. The van der Waals surface area contributed by atoms with Gasteiger partial charge in [0.25, 0.3) is 5.69 Å². The maximum absolute atomic E-state index is 11.0. The molecule has 1 saturated heterocycles. The number of hydrogen-bond acceptors (Lipinski definition) is 5. The second-order valence-electron chi connectivity index (χ2n) is 6.57. The molecule has 1 aliphatic rings. The normalized spacial score (nSPS) is 17.3. The summed E-state index contributed by atoms with van der Waals surface area (Å²) in [5.74, 6) is 0.713. The van der Waals surface area contributed by atoms with Gasteiger partial charge in [-0.2, -0.15) is 0 Å². The van der Waals surface area contributed by atoms with E-state index < -0.39 is 0 Å². The quantitative estimate of drug-likeness (QED) is 0.581. The van der Waals surface area contributed by atoms with E-state index in [-0.39, 0.29) is 10.6 Å². The summed E-state index contributed by atoms with van der Waals surface area (Å²) in [5.41, 5.74) is 2.26. The number of non-ortho nitro benzene ring substituents is 1. The summed E-state index contributed by atoms with van der Waals surface area (Å²) in [5, 5.41) is 14.6. The predicted octanol–water partition coefficient (Wildman–Crippen LogP) is 3.36. The van der Waals surface area contributed by atoms with Crippen LogP contribution in [0.4, 0.5) is 5.69 Å². The van der Waals surface area contributed by atoms with Gasteiger partial charge in [0, 0.05) is 49.9 Å². The molecule has 0 radical (unpaired) electrons. The molecule has 3 rings (SSSR count). The third-order valence-electron chi connectivity index (χ3n) is 4.66. The van der Waals surface area contributed by atoms with Gasteiger partial charge in [0.2, 0.25) is 0 Å². The number of nitrogens with zero attached hydrogens (tertiary/aromatic N) is 2. The highest BCUT2D eigenvalue weighted by atomic mass is 16.6. The lowest BCUT2D eigenvalue weighted by atomic mass is 10.1. The first kappa shape index (κ1) is 18.4. The van der Waals surface area contributed by atoms with Crippen LogP contribution in [0, 0.1) is 10.1 Å². The summed E-state index contributed by atoms with van der Waals surface area (Å²) in [7, 11) is 0. The van der Waals surface area contributed by atoms with Crippen molar-refractivity contribution in [1.29, 1.82) is 0 Å². The van der Waals surface area contributed by atoms with Gasteiger partial charge in [-0.3, -0.25) is 15.0 Å². The topological polar surface area (TPSA) is 67.6 Å². The Hall–Kier alpha value is -2.44. The Balaban J connectivity index is 1.57. The van der Waals surface area contributed by atoms with Crippen molar-refractivity contribution in [2.24, 2.45) is 0 Å². The number of benzene rings is 2. The second kappa shape index (κ2) is 8.78. The van der Waals surface area contributed by atoms with Crippen LogP contribution in [0.5, 0.6) is 5.75 Å². The minimum absolute atomic E-state index is 0.0994. The number of nitro groups is 1. The number of nitrogens with one attached hydrogen (secondary N) is 1.